The van der Waals surface area contributed by atoms with Gasteiger partial charge in [0.25, 0.3) is 0 Å². The van der Waals surface area contributed by atoms with E-state index in [2.05, 4.69) is 0 Å². The average molecular weight is 225 g/mol. The summed E-state index contributed by atoms with van der Waals surface area (Å²) in [6, 6.07) is 0. The van der Waals surface area contributed by atoms with Crippen LogP contribution in [0.2, 0.25) is 0 Å². The number of halogens is 4. The molecule has 14 heavy (non-hydrogen) atoms. The number of hydrogen-bond acceptors (Lipinski definition) is 0. The van der Waals surface area contributed by atoms with E-state index in [1.54, 1.807) is 0 Å². The molecule has 0 radical (unpaired) electrons. The first kappa shape index (κ1) is 11.6. The number of allylic oxidation sites excluding steroid dienone is 4. The Morgan fingerprint density at radius 1 is 1.29 bits per heavy atom. The molecule has 0 saturated heterocycles. The van der Waals surface area contributed by atoms with Crippen molar-refractivity contribution in [3.63, 3.8) is 0 Å². The zero-order chi connectivity index (χ0) is 10.9. The van der Waals surface area contributed by atoms with Crippen LogP contribution >= 0.6 is 11.6 Å². The van der Waals surface area contributed by atoms with Gasteiger partial charge in [0.1, 0.15) is 0 Å². The summed E-state index contributed by atoms with van der Waals surface area (Å²) in [7, 11) is 0. The van der Waals surface area contributed by atoms with Crippen molar-refractivity contribution >= 4 is 11.6 Å². The molecule has 0 aromatic heterocycles. The molecule has 4 heteroatoms. The van der Waals surface area contributed by atoms with Crippen molar-refractivity contribution in [3.8, 4) is 0 Å². The molecule has 0 fully saturated rings. The first-order chi connectivity index (χ1) is 6.32. The largest absolute Gasteiger partial charge is 0.414 e. The Morgan fingerprint density at radius 2 is 1.86 bits per heavy atom. The zero-order valence-corrected chi connectivity index (χ0v) is 8.84. The molecule has 0 N–H and O–H groups in total. The third-order valence-electron chi connectivity index (χ3n) is 2.35. The van der Waals surface area contributed by atoms with E-state index in [1.807, 2.05) is 13.8 Å². The SMILES string of the molecule is CC(C)C1=CC(Cl)=C(C(F)(F)F)CC1. The van der Waals surface area contributed by atoms with Crippen molar-refractivity contribution in [2.24, 2.45) is 5.92 Å². The lowest BCUT2D eigenvalue weighted by Crippen LogP contribution is -2.16. The predicted octanol–water partition coefficient (Wildman–Crippen LogP) is 4.42. The summed E-state index contributed by atoms with van der Waals surface area (Å²) in [5, 5.41) is -0.146. The summed E-state index contributed by atoms with van der Waals surface area (Å²) < 4.78 is 37.0. The van der Waals surface area contributed by atoms with Gasteiger partial charge in [0.15, 0.2) is 0 Å². The van der Waals surface area contributed by atoms with E-state index in [0.29, 0.717) is 6.42 Å². The topological polar surface area (TPSA) is 0 Å². The summed E-state index contributed by atoms with van der Waals surface area (Å²) in [4.78, 5) is 0. The predicted molar refractivity (Wildman–Crippen MR) is 51.1 cm³/mol. The highest BCUT2D eigenvalue weighted by atomic mass is 35.5. The number of rotatable bonds is 1. The van der Waals surface area contributed by atoms with Gasteiger partial charge in [0, 0.05) is 5.03 Å². The molecule has 0 heterocycles. The normalized spacial score (nSPS) is 18.9. The van der Waals surface area contributed by atoms with Gasteiger partial charge in [-0.25, -0.2) is 0 Å². The van der Waals surface area contributed by atoms with Crippen LogP contribution in [0.25, 0.3) is 0 Å². The van der Waals surface area contributed by atoms with Gasteiger partial charge in [-0.2, -0.15) is 13.2 Å². The molecule has 0 atom stereocenters. The minimum Gasteiger partial charge on any atom is -0.166 e. The van der Waals surface area contributed by atoms with Crippen molar-refractivity contribution in [2.75, 3.05) is 0 Å². The molecular weight excluding hydrogens is 213 g/mol. The van der Waals surface area contributed by atoms with Gasteiger partial charge in [-0.05, 0) is 24.8 Å². The lowest BCUT2D eigenvalue weighted by atomic mass is 9.91. The van der Waals surface area contributed by atoms with Crippen LogP contribution in [0.3, 0.4) is 0 Å². The number of hydrogen-bond donors (Lipinski definition) is 0. The van der Waals surface area contributed by atoms with E-state index in [1.165, 1.54) is 6.08 Å². The molecule has 80 valence electrons. The van der Waals surface area contributed by atoms with Crippen LogP contribution in [0.4, 0.5) is 13.2 Å². The molecule has 0 nitrogen and oxygen atoms in total. The highest BCUT2D eigenvalue weighted by molar-refractivity contribution is 6.31. The van der Waals surface area contributed by atoms with Gasteiger partial charge in [-0.15, -0.1) is 0 Å². The molecule has 0 aromatic carbocycles. The molecule has 0 aliphatic heterocycles. The van der Waals surface area contributed by atoms with E-state index in [-0.39, 0.29) is 17.4 Å². The first-order valence-electron chi connectivity index (χ1n) is 4.48. The summed E-state index contributed by atoms with van der Waals surface area (Å²) in [6.07, 6.45) is -2.36. The molecule has 0 bridgehead atoms. The van der Waals surface area contributed by atoms with Crippen molar-refractivity contribution in [2.45, 2.75) is 32.9 Å². The van der Waals surface area contributed by atoms with Gasteiger partial charge in [-0.1, -0.05) is 31.0 Å². The summed E-state index contributed by atoms with van der Waals surface area (Å²) in [6.45, 7) is 3.91. The second-order valence-electron chi connectivity index (χ2n) is 3.70. The van der Waals surface area contributed by atoms with Crippen molar-refractivity contribution in [1.82, 2.24) is 0 Å². The van der Waals surface area contributed by atoms with Gasteiger partial charge < -0.3 is 0 Å². The highest BCUT2D eigenvalue weighted by Crippen LogP contribution is 2.39. The highest BCUT2D eigenvalue weighted by Gasteiger charge is 2.36. The number of alkyl halides is 3. The van der Waals surface area contributed by atoms with E-state index in [9.17, 15) is 13.2 Å². The van der Waals surface area contributed by atoms with Gasteiger partial charge >= 0.3 is 6.18 Å². The van der Waals surface area contributed by atoms with Crippen LogP contribution in [0.5, 0.6) is 0 Å². The zero-order valence-electron chi connectivity index (χ0n) is 8.08. The van der Waals surface area contributed by atoms with Crippen LogP contribution < -0.4 is 0 Å². The Balaban J connectivity index is 2.97. The van der Waals surface area contributed by atoms with E-state index >= 15 is 0 Å². The van der Waals surface area contributed by atoms with E-state index in [0.717, 1.165) is 5.57 Å². The standard InChI is InChI=1S/C10H12ClF3/c1-6(2)7-3-4-8(9(11)5-7)10(12,13)14/h5-6H,3-4H2,1-2H3. The second kappa shape index (κ2) is 3.97. The fourth-order valence-corrected chi connectivity index (χ4v) is 1.79. The van der Waals surface area contributed by atoms with E-state index < -0.39 is 11.7 Å². The van der Waals surface area contributed by atoms with Gasteiger partial charge in [-0.3, -0.25) is 0 Å². The Morgan fingerprint density at radius 3 is 2.21 bits per heavy atom. The van der Waals surface area contributed by atoms with Crippen LogP contribution in [0.15, 0.2) is 22.3 Å². The molecular formula is C10H12ClF3. The lowest BCUT2D eigenvalue weighted by Gasteiger charge is -2.21. The maximum atomic E-state index is 12.3. The summed E-state index contributed by atoms with van der Waals surface area (Å²) in [5.74, 6) is 0.263. The van der Waals surface area contributed by atoms with Crippen LogP contribution in [-0.4, -0.2) is 6.18 Å². The Labute approximate surface area is 86.4 Å². The van der Waals surface area contributed by atoms with Crippen LogP contribution in [0, 0.1) is 5.92 Å². The molecule has 0 spiro atoms. The summed E-state index contributed by atoms with van der Waals surface area (Å²) in [5.41, 5.74) is 0.395. The molecule has 0 aromatic rings. The molecule has 1 rings (SSSR count). The summed E-state index contributed by atoms with van der Waals surface area (Å²) >= 11 is 5.59. The Bertz CT molecular complexity index is 284. The molecule has 0 unspecified atom stereocenters. The Kier molecular flexibility index (Phi) is 3.30. The molecule has 1 aliphatic rings. The Hall–Kier alpha value is -0.440. The second-order valence-corrected chi connectivity index (χ2v) is 4.11. The van der Waals surface area contributed by atoms with Gasteiger partial charge in [0.2, 0.25) is 0 Å². The lowest BCUT2D eigenvalue weighted by molar-refractivity contribution is -0.0944. The first-order valence-corrected chi connectivity index (χ1v) is 4.86. The van der Waals surface area contributed by atoms with Crippen molar-refractivity contribution < 1.29 is 13.2 Å². The molecule has 0 amide bonds. The quantitative estimate of drug-likeness (QED) is 0.619. The minimum absolute atomic E-state index is 0.00630. The van der Waals surface area contributed by atoms with Crippen LogP contribution in [0.1, 0.15) is 26.7 Å². The third kappa shape index (κ3) is 2.53. The smallest absolute Gasteiger partial charge is 0.166 e. The monoisotopic (exact) mass is 224 g/mol. The minimum atomic E-state index is -4.28. The van der Waals surface area contributed by atoms with E-state index in [4.69, 9.17) is 11.6 Å². The fourth-order valence-electron chi connectivity index (χ4n) is 1.44. The molecule has 1 aliphatic carbocycles. The van der Waals surface area contributed by atoms with Crippen molar-refractivity contribution in [1.29, 1.82) is 0 Å². The average Bonchev–Trinajstić information content (AvgIpc) is 2.01. The van der Waals surface area contributed by atoms with Crippen LogP contribution in [-0.2, 0) is 0 Å². The fraction of sp³-hybridized carbons (Fsp3) is 0.600. The third-order valence-corrected chi connectivity index (χ3v) is 2.69. The maximum absolute atomic E-state index is 12.3. The van der Waals surface area contributed by atoms with Gasteiger partial charge in [0.05, 0.1) is 5.57 Å². The van der Waals surface area contributed by atoms with Crippen molar-refractivity contribution in [3.05, 3.63) is 22.3 Å². The maximum Gasteiger partial charge on any atom is 0.414 e. The molecule has 0 saturated carbocycles.